The van der Waals surface area contributed by atoms with Crippen molar-refractivity contribution in [3.8, 4) is 0 Å². The second kappa shape index (κ2) is 4.77. The normalized spacial score (nSPS) is 10.7. The van der Waals surface area contributed by atoms with Crippen LogP contribution in [0.5, 0.6) is 0 Å². The molecular formula is C8H11ClN4. The molecule has 4 nitrogen and oxygen atoms in total. The smallest absolute Gasteiger partial charge is 0.151 e. The molecular weight excluding hydrogens is 188 g/mol. The topological polar surface area (TPSA) is 50.2 Å². The summed E-state index contributed by atoms with van der Waals surface area (Å²) in [6, 6.07) is 1.63. The van der Waals surface area contributed by atoms with E-state index in [9.17, 15) is 0 Å². The Kier molecular flexibility index (Phi) is 3.64. The molecule has 0 bridgehead atoms. The maximum Gasteiger partial charge on any atom is 0.151 e. The van der Waals surface area contributed by atoms with Crippen molar-refractivity contribution in [2.45, 2.75) is 20.3 Å². The van der Waals surface area contributed by atoms with Gasteiger partial charge in [-0.1, -0.05) is 18.5 Å². The van der Waals surface area contributed by atoms with E-state index in [-0.39, 0.29) is 0 Å². The summed E-state index contributed by atoms with van der Waals surface area (Å²) in [4.78, 5) is 8.01. The summed E-state index contributed by atoms with van der Waals surface area (Å²) >= 11 is 5.72. The highest BCUT2D eigenvalue weighted by Crippen LogP contribution is 2.10. The summed E-state index contributed by atoms with van der Waals surface area (Å²) in [7, 11) is 0. The van der Waals surface area contributed by atoms with Crippen LogP contribution < -0.4 is 5.43 Å². The number of aryl methyl sites for hydroxylation is 1. The molecule has 5 heteroatoms. The highest BCUT2D eigenvalue weighted by Gasteiger charge is 1.96. The van der Waals surface area contributed by atoms with Crippen LogP contribution >= 0.6 is 11.6 Å². The molecule has 0 spiro atoms. The lowest BCUT2D eigenvalue weighted by Gasteiger charge is -2.00. The Morgan fingerprint density at radius 2 is 2.38 bits per heavy atom. The fourth-order valence-corrected chi connectivity index (χ4v) is 1.02. The molecule has 1 aromatic rings. The maximum atomic E-state index is 5.72. The Labute approximate surface area is 82.0 Å². The Morgan fingerprint density at radius 3 is 3.00 bits per heavy atom. The number of aromatic nitrogens is 2. The van der Waals surface area contributed by atoms with Crippen LogP contribution in [0.4, 0.5) is 5.82 Å². The van der Waals surface area contributed by atoms with Gasteiger partial charge in [0.05, 0.1) is 0 Å². The number of nitrogens with zero attached hydrogens (tertiary/aromatic N) is 3. The van der Waals surface area contributed by atoms with Gasteiger partial charge in [0.25, 0.3) is 0 Å². The molecule has 0 amide bonds. The number of hydrazone groups is 1. The van der Waals surface area contributed by atoms with Gasteiger partial charge < -0.3 is 0 Å². The van der Waals surface area contributed by atoms with Crippen LogP contribution in [0, 0.1) is 6.92 Å². The molecule has 1 aromatic heterocycles. The first-order chi connectivity index (χ1) is 6.22. The van der Waals surface area contributed by atoms with Crippen molar-refractivity contribution < 1.29 is 0 Å². The number of hydrogen-bond acceptors (Lipinski definition) is 4. The molecule has 0 saturated carbocycles. The highest BCUT2D eigenvalue weighted by molar-refractivity contribution is 6.29. The van der Waals surface area contributed by atoms with E-state index >= 15 is 0 Å². The fourth-order valence-electron chi connectivity index (χ4n) is 0.792. The van der Waals surface area contributed by atoms with Gasteiger partial charge in [-0.2, -0.15) is 5.10 Å². The monoisotopic (exact) mass is 198 g/mol. The van der Waals surface area contributed by atoms with E-state index in [1.807, 2.05) is 6.92 Å². The Morgan fingerprint density at radius 1 is 1.62 bits per heavy atom. The van der Waals surface area contributed by atoms with Crippen LogP contribution in [0.25, 0.3) is 0 Å². The summed E-state index contributed by atoms with van der Waals surface area (Å²) in [5, 5.41) is 4.34. The SMILES string of the molecule is CC/C=N\Nc1cc(Cl)nc(C)n1. The molecule has 0 fully saturated rings. The minimum Gasteiger partial charge on any atom is -0.262 e. The summed E-state index contributed by atoms with van der Waals surface area (Å²) < 4.78 is 0. The third-order valence-corrected chi connectivity index (χ3v) is 1.45. The van der Waals surface area contributed by atoms with Gasteiger partial charge >= 0.3 is 0 Å². The summed E-state index contributed by atoms with van der Waals surface area (Å²) in [6.45, 7) is 3.78. The number of anilines is 1. The van der Waals surface area contributed by atoms with E-state index < -0.39 is 0 Å². The molecule has 0 atom stereocenters. The second-order valence-corrected chi connectivity index (χ2v) is 2.84. The largest absolute Gasteiger partial charge is 0.262 e. The lowest BCUT2D eigenvalue weighted by Crippen LogP contribution is -1.96. The van der Waals surface area contributed by atoms with Crippen molar-refractivity contribution in [2.75, 3.05) is 5.43 Å². The Hall–Kier alpha value is -1.16. The molecule has 0 saturated heterocycles. The van der Waals surface area contributed by atoms with Crippen LogP contribution in [0.1, 0.15) is 19.2 Å². The predicted molar refractivity (Wildman–Crippen MR) is 54.2 cm³/mol. The van der Waals surface area contributed by atoms with Crippen LogP contribution in [-0.4, -0.2) is 16.2 Å². The molecule has 13 heavy (non-hydrogen) atoms. The van der Waals surface area contributed by atoms with Crippen molar-refractivity contribution in [1.82, 2.24) is 9.97 Å². The number of halogens is 1. The zero-order valence-corrected chi connectivity index (χ0v) is 8.34. The fraction of sp³-hybridized carbons (Fsp3) is 0.375. The van der Waals surface area contributed by atoms with Gasteiger partial charge in [0, 0.05) is 12.3 Å². The van der Waals surface area contributed by atoms with E-state index in [0.29, 0.717) is 16.8 Å². The average molecular weight is 199 g/mol. The van der Waals surface area contributed by atoms with Crippen LogP contribution in [0.2, 0.25) is 5.15 Å². The van der Waals surface area contributed by atoms with Gasteiger partial charge in [-0.15, -0.1) is 0 Å². The van der Waals surface area contributed by atoms with Crippen LogP contribution in [0.15, 0.2) is 11.2 Å². The standard InChI is InChI=1S/C8H11ClN4/c1-3-4-10-13-8-5-7(9)11-6(2)12-8/h4-5H,3H2,1-2H3,(H,11,12,13)/b10-4-. The molecule has 0 aromatic carbocycles. The zero-order valence-electron chi connectivity index (χ0n) is 7.58. The van der Waals surface area contributed by atoms with Crippen molar-refractivity contribution in [1.29, 1.82) is 0 Å². The van der Waals surface area contributed by atoms with Crippen LogP contribution in [-0.2, 0) is 0 Å². The lowest BCUT2D eigenvalue weighted by atomic mass is 10.5. The van der Waals surface area contributed by atoms with E-state index in [1.54, 1.807) is 19.2 Å². The summed E-state index contributed by atoms with van der Waals surface area (Å²) in [5.74, 6) is 1.24. The van der Waals surface area contributed by atoms with Gasteiger partial charge in [-0.3, -0.25) is 5.43 Å². The molecule has 0 unspecified atom stereocenters. The molecule has 0 aliphatic carbocycles. The van der Waals surface area contributed by atoms with Gasteiger partial charge in [-0.25, -0.2) is 9.97 Å². The third-order valence-electron chi connectivity index (χ3n) is 1.26. The van der Waals surface area contributed by atoms with Gasteiger partial charge in [-0.05, 0) is 13.3 Å². The van der Waals surface area contributed by atoms with E-state index in [0.717, 1.165) is 6.42 Å². The maximum absolute atomic E-state index is 5.72. The molecule has 0 aliphatic rings. The minimum absolute atomic E-state index is 0.418. The molecule has 70 valence electrons. The van der Waals surface area contributed by atoms with Crippen molar-refractivity contribution in [3.63, 3.8) is 0 Å². The number of rotatable bonds is 3. The third kappa shape index (κ3) is 3.38. The summed E-state index contributed by atoms with van der Waals surface area (Å²) in [5.41, 5.74) is 2.76. The lowest BCUT2D eigenvalue weighted by molar-refractivity contribution is 1.04. The van der Waals surface area contributed by atoms with Gasteiger partial charge in [0.1, 0.15) is 11.0 Å². The second-order valence-electron chi connectivity index (χ2n) is 2.45. The first-order valence-corrected chi connectivity index (χ1v) is 4.39. The molecule has 0 aliphatic heterocycles. The van der Waals surface area contributed by atoms with Gasteiger partial charge in [0.2, 0.25) is 0 Å². The first-order valence-electron chi connectivity index (χ1n) is 4.01. The van der Waals surface area contributed by atoms with Gasteiger partial charge in [0.15, 0.2) is 5.82 Å². The summed E-state index contributed by atoms with van der Waals surface area (Å²) in [6.07, 6.45) is 2.64. The molecule has 0 radical (unpaired) electrons. The zero-order chi connectivity index (χ0) is 9.68. The quantitative estimate of drug-likeness (QED) is 0.461. The van der Waals surface area contributed by atoms with Crippen molar-refractivity contribution >= 4 is 23.6 Å². The Balaban J connectivity index is 2.71. The first kappa shape index (κ1) is 9.92. The average Bonchev–Trinajstić information content (AvgIpc) is 2.03. The molecule has 1 heterocycles. The molecule has 1 rings (SSSR count). The Bertz CT molecular complexity index is 291. The highest BCUT2D eigenvalue weighted by atomic mass is 35.5. The van der Waals surface area contributed by atoms with Crippen molar-refractivity contribution in [2.24, 2.45) is 5.10 Å². The van der Waals surface area contributed by atoms with Crippen LogP contribution in [0.3, 0.4) is 0 Å². The number of nitrogens with one attached hydrogen (secondary N) is 1. The number of hydrogen-bond donors (Lipinski definition) is 1. The van der Waals surface area contributed by atoms with Crippen molar-refractivity contribution in [3.05, 3.63) is 17.0 Å². The van der Waals surface area contributed by atoms with E-state index in [4.69, 9.17) is 11.6 Å². The predicted octanol–water partition coefficient (Wildman–Crippen LogP) is 2.25. The molecule has 1 N–H and O–H groups in total. The van der Waals surface area contributed by atoms with E-state index in [2.05, 4.69) is 20.5 Å². The van der Waals surface area contributed by atoms with E-state index in [1.165, 1.54) is 0 Å². The minimum atomic E-state index is 0.418.